The summed E-state index contributed by atoms with van der Waals surface area (Å²) in [5, 5.41) is 22.6. The predicted octanol–water partition coefficient (Wildman–Crippen LogP) is 4.83. The highest BCUT2D eigenvalue weighted by Crippen LogP contribution is 2.20. The number of nitrogens with two attached hydrogens (primary N) is 1. The van der Waals surface area contributed by atoms with Gasteiger partial charge < -0.3 is 36.8 Å². The maximum Gasteiger partial charge on any atom is 0.328 e. The third-order valence-electron chi connectivity index (χ3n) is 9.74. The molecular formula is C46H49N5O8S. The average molecular weight is 832 g/mol. The van der Waals surface area contributed by atoms with Crippen LogP contribution in [0, 0.1) is 0 Å². The summed E-state index contributed by atoms with van der Waals surface area (Å²) in [5.74, 6) is -3.99. The lowest BCUT2D eigenvalue weighted by Crippen LogP contribution is -2.53. The van der Waals surface area contributed by atoms with Gasteiger partial charge in [-0.1, -0.05) is 103 Å². The van der Waals surface area contributed by atoms with Crippen LogP contribution in [-0.4, -0.2) is 72.0 Å². The molecule has 5 aromatic rings. The molecule has 1 aromatic heterocycles. The number of rotatable bonds is 21. The zero-order chi connectivity index (χ0) is 42.9. The molecule has 0 saturated carbocycles. The summed E-state index contributed by atoms with van der Waals surface area (Å²) < 4.78 is 4.91. The van der Waals surface area contributed by atoms with Gasteiger partial charge in [-0.25, -0.2) is 9.59 Å². The van der Waals surface area contributed by atoms with E-state index in [1.54, 1.807) is 24.3 Å². The zero-order valence-electron chi connectivity index (χ0n) is 33.2. The first-order valence-electron chi connectivity index (χ1n) is 19.5. The van der Waals surface area contributed by atoms with E-state index < -0.39 is 59.7 Å². The van der Waals surface area contributed by atoms with Crippen LogP contribution in [0.25, 0.3) is 11.1 Å². The Hall–Kier alpha value is -6.64. The Morgan fingerprint density at radius 3 is 1.82 bits per heavy atom. The standard InChI is InChI=1S/C46H49N5O8S/c1-59-46(58)40(51-43(54)37(47)23-18-30-9-4-2-5-10-30)28-32-16-21-35(22-17-32)48-41(52)24-25-42(53)49-38(29-36-13-8-26-60-36)44(55)50-39(45(56)57)27-31-14-19-34(20-15-31)33-11-6-3-7-12-33/h2-17,19-22,26,37-40H,18,23-25,27-29,47H2,1H3,(H,48,52)(H,49,53)(H,50,55)(H,51,54)(H,56,57). The van der Waals surface area contributed by atoms with E-state index in [0.29, 0.717) is 29.7 Å². The van der Waals surface area contributed by atoms with Gasteiger partial charge in [0.1, 0.15) is 18.1 Å². The largest absolute Gasteiger partial charge is 0.480 e. The summed E-state index contributed by atoms with van der Waals surface area (Å²) in [4.78, 5) is 77.9. The van der Waals surface area contributed by atoms with Crippen LogP contribution in [0.1, 0.15) is 40.8 Å². The van der Waals surface area contributed by atoms with E-state index in [2.05, 4.69) is 21.3 Å². The molecule has 0 aliphatic carbocycles. The molecule has 0 spiro atoms. The highest BCUT2D eigenvalue weighted by atomic mass is 32.1. The molecule has 14 heteroatoms. The third kappa shape index (κ3) is 14.0. The molecular weight excluding hydrogens is 783 g/mol. The summed E-state index contributed by atoms with van der Waals surface area (Å²) in [7, 11) is 1.23. The molecule has 60 heavy (non-hydrogen) atoms. The molecule has 0 bridgehead atoms. The van der Waals surface area contributed by atoms with Crippen molar-refractivity contribution in [2.24, 2.45) is 5.73 Å². The fourth-order valence-corrected chi connectivity index (χ4v) is 7.15. The second kappa shape index (κ2) is 22.5. The number of nitrogens with one attached hydrogen (secondary N) is 4. The smallest absolute Gasteiger partial charge is 0.328 e. The molecule has 4 unspecified atom stereocenters. The number of esters is 1. The van der Waals surface area contributed by atoms with E-state index >= 15 is 0 Å². The van der Waals surface area contributed by atoms with Crippen LogP contribution < -0.4 is 27.0 Å². The molecule has 4 aromatic carbocycles. The highest BCUT2D eigenvalue weighted by Gasteiger charge is 2.28. The Morgan fingerprint density at radius 1 is 0.617 bits per heavy atom. The number of hydrogen-bond acceptors (Lipinski definition) is 9. The number of aryl methyl sites for hydroxylation is 1. The van der Waals surface area contributed by atoms with Crippen molar-refractivity contribution in [1.29, 1.82) is 0 Å². The first-order valence-corrected chi connectivity index (χ1v) is 20.4. The molecule has 4 atom stereocenters. The van der Waals surface area contributed by atoms with Gasteiger partial charge in [-0.3, -0.25) is 19.2 Å². The number of carboxylic acids is 1. The maximum absolute atomic E-state index is 13.5. The van der Waals surface area contributed by atoms with Gasteiger partial charge in [0.25, 0.3) is 0 Å². The number of hydrogen-bond donors (Lipinski definition) is 6. The van der Waals surface area contributed by atoms with Gasteiger partial charge in [0.2, 0.25) is 23.6 Å². The predicted molar refractivity (Wildman–Crippen MR) is 230 cm³/mol. The van der Waals surface area contributed by atoms with E-state index in [1.807, 2.05) is 102 Å². The lowest BCUT2D eigenvalue weighted by atomic mass is 10.0. The Balaban J connectivity index is 1.11. The lowest BCUT2D eigenvalue weighted by molar-refractivity contribution is -0.145. The molecule has 7 N–H and O–H groups in total. The van der Waals surface area contributed by atoms with Gasteiger partial charge in [0, 0.05) is 42.7 Å². The number of ether oxygens (including phenoxy) is 1. The quantitative estimate of drug-likeness (QED) is 0.0560. The molecule has 0 radical (unpaired) electrons. The van der Waals surface area contributed by atoms with Gasteiger partial charge in [-0.2, -0.15) is 0 Å². The fraction of sp³-hybridized carbons (Fsp3) is 0.261. The van der Waals surface area contributed by atoms with Gasteiger partial charge in [-0.05, 0) is 64.2 Å². The van der Waals surface area contributed by atoms with Crippen LogP contribution in [0.5, 0.6) is 0 Å². The lowest BCUT2D eigenvalue weighted by Gasteiger charge is -2.21. The first-order chi connectivity index (χ1) is 29.0. The number of amides is 4. The molecule has 0 aliphatic rings. The van der Waals surface area contributed by atoms with Crippen molar-refractivity contribution in [3.05, 3.63) is 148 Å². The normalized spacial score (nSPS) is 12.8. The molecule has 0 aliphatic heterocycles. The second-order valence-corrected chi connectivity index (χ2v) is 15.3. The summed E-state index contributed by atoms with van der Waals surface area (Å²) in [6.45, 7) is 0. The van der Waals surface area contributed by atoms with Crippen molar-refractivity contribution in [1.82, 2.24) is 16.0 Å². The van der Waals surface area contributed by atoms with E-state index in [1.165, 1.54) is 18.4 Å². The first kappa shape index (κ1) is 44.5. The third-order valence-corrected chi connectivity index (χ3v) is 10.6. The van der Waals surface area contributed by atoms with Crippen molar-refractivity contribution >= 4 is 52.6 Å². The SMILES string of the molecule is COC(=O)C(Cc1ccc(NC(=O)CCC(=O)NC(Cc2cccs2)C(=O)NC(Cc2ccc(-c3ccccc3)cc2)C(=O)O)cc1)NC(=O)C(N)CCc1ccccc1. The van der Waals surface area contributed by atoms with Gasteiger partial charge >= 0.3 is 11.9 Å². The molecule has 0 fully saturated rings. The molecule has 1 heterocycles. The summed E-state index contributed by atoms with van der Waals surface area (Å²) in [6.07, 6.45) is 0.848. The van der Waals surface area contributed by atoms with Crippen LogP contribution in [0.4, 0.5) is 5.69 Å². The van der Waals surface area contributed by atoms with Gasteiger partial charge in [0.15, 0.2) is 0 Å². The number of anilines is 1. The van der Waals surface area contributed by atoms with Crippen LogP contribution in [-0.2, 0) is 59.2 Å². The van der Waals surface area contributed by atoms with Crippen molar-refractivity contribution in [3.8, 4) is 11.1 Å². The number of methoxy groups -OCH3 is 1. The van der Waals surface area contributed by atoms with E-state index in [4.69, 9.17) is 10.5 Å². The van der Waals surface area contributed by atoms with Gasteiger partial charge in [-0.15, -0.1) is 11.3 Å². The number of carbonyl (C=O) groups is 6. The Morgan fingerprint density at radius 2 is 1.20 bits per heavy atom. The van der Waals surface area contributed by atoms with Gasteiger partial charge in [0.05, 0.1) is 13.2 Å². The molecule has 5 rings (SSSR count). The van der Waals surface area contributed by atoms with E-state index in [9.17, 15) is 33.9 Å². The number of carbonyl (C=O) groups excluding carboxylic acids is 5. The highest BCUT2D eigenvalue weighted by molar-refractivity contribution is 7.09. The number of carboxylic acid groups (broad SMARTS) is 1. The van der Waals surface area contributed by atoms with Crippen molar-refractivity contribution < 1.29 is 38.6 Å². The van der Waals surface area contributed by atoms with Crippen LogP contribution >= 0.6 is 11.3 Å². The van der Waals surface area contributed by atoms with Crippen LogP contribution in [0.15, 0.2) is 127 Å². The Kier molecular flexibility index (Phi) is 16.7. The van der Waals surface area contributed by atoms with E-state index in [-0.39, 0.29) is 32.1 Å². The second-order valence-electron chi connectivity index (χ2n) is 14.2. The van der Waals surface area contributed by atoms with Crippen molar-refractivity contribution in [2.75, 3.05) is 12.4 Å². The molecule has 0 saturated heterocycles. The summed E-state index contributed by atoms with van der Waals surface area (Å²) in [6, 6.07) is 32.9. The monoisotopic (exact) mass is 831 g/mol. The summed E-state index contributed by atoms with van der Waals surface area (Å²) >= 11 is 1.40. The zero-order valence-corrected chi connectivity index (χ0v) is 34.0. The molecule has 312 valence electrons. The van der Waals surface area contributed by atoms with E-state index in [0.717, 1.165) is 21.6 Å². The minimum absolute atomic E-state index is 0.0314. The fourth-order valence-electron chi connectivity index (χ4n) is 6.40. The summed E-state index contributed by atoms with van der Waals surface area (Å²) in [5.41, 5.74) is 11.0. The minimum atomic E-state index is -1.25. The Labute approximate surface area is 352 Å². The maximum atomic E-state index is 13.5. The van der Waals surface area contributed by atoms with Crippen LogP contribution in [0.2, 0.25) is 0 Å². The van der Waals surface area contributed by atoms with Crippen LogP contribution in [0.3, 0.4) is 0 Å². The topological polar surface area (TPSA) is 206 Å². The minimum Gasteiger partial charge on any atom is -0.480 e. The Bertz CT molecular complexity index is 2180. The van der Waals surface area contributed by atoms with Crippen molar-refractivity contribution in [3.63, 3.8) is 0 Å². The number of aliphatic carboxylic acids is 1. The number of benzene rings is 4. The number of thiophene rings is 1. The molecule has 13 nitrogen and oxygen atoms in total. The molecule has 4 amide bonds. The average Bonchev–Trinajstić information content (AvgIpc) is 3.78. The van der Waals surface area contributed by atoms with Crippen molar-refractivity contribution in [2.45, 2.75) is 69.1 Å².